The van der Waals surface area contributed by atoms with Gasteiger partial charge in [0.25, 0.3) is 0 Å². The molecule has 0 unspecified atom stereocenters. The van der Waals surface area contributed by atoms with Gasteiger partial charge in [0, 0.05) is 43.2 Å². The van der Waals surface area contributed by atoms with Crippen LogP contribution in [0.4, 0.5) is 10.1 Å². The second-order valence-electron chi connectivity index (χ2n) is 9.51. The van der Waals surface area contributed by atoms with Crippen molar-refractivity contribution in [1.29, 1.82) is 0 Å². The Labute approximate surface area is 196 Å². The zero-order chi connectivity index (χ0) is 23.6. The van der Waals surface area contributed by atoms with Crippen LogP contribution in [0.15, 0.2) is 47.4 Å². The first-order valence-corrected chi connectivity index (χ1v) is 13.7. The number of benzene rings is 2. The Hall–Kier alpha value is -1.96. The first-order valence-electron chi connectivity index (χ1n) is 12.1. The maximum atomic E-state index is 13.8. The van der Waals surface area contributed by atoms with Crippen molar-refractivity contribution in [2.75, 3.05) is 36.8 Å². The number of rotatable bonds is 6. The summed E-state index contributed by atoms with van der Waals surface area (Å²) < 4.78 is 41.2. The predicted molar refractivity (Wildman–Crippen MR) is 130 cm³/mol. The first-order chi connectivity index (χ1) is 15.8. The number of hydrogen-bond donors (Lipinski definition) is 2. The molecule has 2 N–H and O–H groups in total. The molecule has 0 spiro atoms. The Bertz CT molecular complexity index is 1070. The molecule has 1 fully saturated rings. The third-order valence-corrected chi connectivity index (χ3v) is 9.52. The third-order valence-electron chi connectivity index (χ3n) is 7.53. The second-order valence-corrected chi connectivity index (χ2v) is 11.5. The quantitative estimate of drug-likeness (QED) is 0.660. The molecule has 0 amide bonds. The Morgan fingerprint density at radius 3 is 2.45 bits per heavy atom. The van der Waals surface area contributed by atoms with Gasteiger partial charge in [-0.3, -0.25) is 0 Å². The van der Waals surface area contributed by atoms with Crippen LogP contribution in [-0.2, 0) is 9.84 Å². The van der Waals surface area contributed by atoms with Crippen LogP contribution in [0.25, 0.3) is 0 Å². The lowest BCUT2D eigenvalue weighted by Gasteiger charge is -2.39. The van der Waals surface area contributed by atoms with Crippen molar-refractivity contribution < 1.29 is 17.9 Å². The maximum Gasteiger partial charge on any atom is 0.179 e. The zero-order valence-electron chi connectivity index (χ0n) is 19.6. The summed E-state index contributed by atoms with van der Waals surface area (Å²) in [5.41, 5.74) is 1.57. The summed E-state index contributed by atoms with van der Waals surface area (Å²) in [7, 11) is -3.62. The van der Waals surface area contributed by atoms with E-state index in [1.54, 1.807) is 18.2 Å². The smallest absolute Gasteiger partial charge is 0.179 e. The third kappa shape index (κ3) is 4.68. The van der Waals surface area contributed by atoms with Crippen LogP contribution in [0.2, 0.25) is 0 Å². The van der Waals surface area contributed by atoms with Crippen LogP contribution in [0, 0.1) is 11.2 Å². The summed E-state index contributed by atoms with van der Waals surface area (Å²) >= 11 is 0. The molecule has 0 aliphatic carbocycles. The van der Waals surface area contributed by atoms with E-state index in [1.165, 1.54) is 12.1 Å². The van der Waals surface area contributed by atoms with Crippen LogP contribution in [0.5, 0.6) is 0 Å². The van der Waals surface area contributed by atoms with Crippen molar-refractivity contribution in [1.82, 2.24) is 5.32 Å². The lowest BCUT2D eigenvalue weighted by molar-refractivity contribution is 0.0174. The highest BCUT2D eigenvalue weighted by Crippen LogP contribution is 2.49. The molecule has 4 rings (SSSR count). The number of unbranched alkanes of at least 4 members (excludes halogenated alkanes) is 1. The summed E-state index contributed by atoms with van der Waals surface area (Å²) in [6.45, 7) is 7.46. The topological polar surface area (TPSA) is 69.6 Å². The minimum absolute atomic E-state index is 0.0741. The van der Waals surface area contributed by atoms with Gasteiger partial charge in [-0.1, -0.05) is 38.8 Å². The van der Waals surface area contributed by atoms with Gasteiger partial charge in [-0.05, 0) is 54.3 Å². The molecule has 2 heterocycles. The zero-order valence-corrected chi connectivity index (χ0v) is 20.4. The van der Waals surface area contributed by atoms with Crippen molar-refractivity contribution in [3.05, 3.63) is 59.4 Å². The van der Waals surface area contributed by atoms with E-state index < -0.39 is 27.3 Å². The number of piperazine rings is 1. The van der Waals surface area contributed by atoms with Gasteiger partial charge in [-0.2, -0.15) is 0 Å². The lowest BCUT2D eigenvalue weighted by Crippen LogP contribution is -2.43. The number of sulfone groups is 1. The molecule has 1 saturated heterocycles. The summed E-state index contributed by atoms with van der Waals surface area (Å²) in [4.78, 5) is 2.54. The normalized spacial score (nSPS) is 27.1. The van der Waals surface area contributed by atoms with Crippen molar-refractivity contribution >= 4 is 15.5 Å². The molecule has 0 radical (unpaired) electrons. The van der Waals surface area contributed by atoms with Gasteiger partial charge in [0.05, 0.1) is 16.8 Å². The monoisotopic (exact) mass is 474 g/mol. The molecule has 2 aromatic rings. The number of hydrogen-bond acceptors (Lipinski definition) is 5. The number of halogens is 1. The van der Waals surface area contributed by atoms with Gasteiger partial charge in [0.15, 0.2) is 9.84 Å². The van der Waals surface area contributed by atoms with Crippen molar-refractivity contribution in [3.8, 4) is 0 Å². The molecular weight excluding hydrogens is 439 g/mol. The standard InChI is InChI=1S/C26H35FN2O3S/c1-3-5-12-26(4-2)18-33(31,32)23-11-10-21(29-15-13-28-14-16-29)17-22(23)24(25(26)30)19-6-8-20(27)9-7-19/h6-11,17,24-25,28,30H,3-5,12-16,18H2,1-2H3/t24-,25-,26-/m1/s1. The fraction of sp³-hybridized carbons (Fsp3) is 0.538. The average Bonchev–Trinajstić information content (AvgIpc) is 2.90. The van der Waals surface area contributed by atoms with Crippen LogP contribution in [-0.4, -0.2) is 51.6 Å². The Balaban J connectivity index is 1.92. The van der Waals surface area contributed by atoms with E-state index in [0.717, 1.165) is 50.3 Å². The van der Waals surface area contributed by atoms with Gasteiger partial charge in [-0.25, -0.2) is 12.8 Å². The number of nitrogens with zero attached hydrogens (tertiary/aromatic N) is 1. The molecule has 0 aromatic heterocycles. The number of aliphatic hydroxyl groups is 1. The summed E-state index contributed by atoms with van der Waals surface area (Å²) in [5, 5.41) is 15.2. The summed E-state index contributed by atoms with van der Waals surface area (Å²) in [6.07, 6.45) is 2.07. The molecule has 7 heteroatoms. The van der Waals surface area contributed by atoms with E-state index in [0.29, 0.717) is 23.3 Å². The fourth-order valence-electron chi connectivity index (χ4n) is 5.52. The Kier molecular flexibility index (Phi) is 7.12. The molecule has 180 valence electrons. The molecular formula is C26H35FN2O3S. The second kappa shape index (κ2) is 9.72. The van der Waals surface area contributed by atoms with Crippen molar-refractivity contribution in [2.24, 2.45) is 5.41 Å². The molecule has 3 atom stereocenters. The number of nitrogens with one attached hydrogen (secondary N) is 1. The first kappa shape index (κ1) is 24.2. The van der Waals surface area contributed by atoms with E-state index in [2.05, 4.69) is 17.1 Å². The lowest BCUT2D eigenvalue weighted by atomic mass is 9.69. The Morgan fingerprint density at radius 1 is 1.12 bits per heavy atom. The highest BCUT2D eigenvalue weighted by atomic mass is 32.2. The molecule has 2 aliphatic heterocycles. The summed E-state index contributed by atoms with van der Waals surface area (Å²) in [6, 6.07) is 11.7. The minimum Gasteiger partial charge on any atom is -0.392 e. The number of aliphatic hydroxyl groups excluding tert-OH is 1. The molecule has 2 aromatic carbocycles. The van der Waals surface area contributed by atoms with Crippen molar-refractivity contribution in [3.63, 3.8) is 0 Å². The average molecular weight is 475 g/mol. The molecule has 5 nitrogen and oxygen atoms in total. The van der Waals surface area contributed by atoms with Crippen LogP contribution in [0.3, 0.4) is 0 Å². The molecule has 2 aliphatic rings. The van der Waals surface area contributed by atoms with Gasteiger partial charge in [0.1, 0.15) is 5.82 Å². The van der Waals surface area contributed by atoms with Crippen LogP contribution >= 0.6 is 0 Å². The van der Waals surface area contributed by atoms with Crippen LogP contribution in [0.1, 0.15) is 56.6 Å². The highest BCUT2D eigenvalue weighted by Gasteiger charge is 2.49. The number of anilines is 1. The van der Waals surface area contributed by atoms with E-state index >= 15 is 0 Å². The SMILES string of the molecule is CCCC[C@]1(CC)CS(=O)(=O)c2ccc(N3CCNCC3)cc2[C@@H](c2ccc(F)cc2)[C@H]1O. The van der Waals surface area contributed by atoms with Gasteiger partial charge < -0.3 is 15.3 Å². The van der Waals surface area contributed by atoms with E-state index in [-0.39, 0.29) is 11.6 Å². The Morgan fingerprint density at radius 2 is 1.82 bits per heavy atom. The largest absolute Gasteiger partial charge is 0.392 e. The van der Waals surface area contributed by atoms with E-state index in [1.807, 2.05) is 19.1 Å². The van der Waals surface area contributed by atoms with Gasteiger partial charge in [-0.15, -0.1) is 0 Å². The maximum absolute atomic E-state index is 13.8. The highest BCUT2D eigenvalue weighted by molar-refractivity contribution is 7.91. The van der Waals surface area contributed by atoms with Crippen LogP contribution < -0.4 is 10.2 Å². The molecule has 0 bridgehead atoms. The van der Waals surface area contributed by atoms with E-state index in [9.17, 15) is 17.9 Å². The minimum atomic E-state index is -3.62. The summed E-state index contributed by atoms with van der Waals surface area (Å²) in [5.74, 6) is -0.968. The van der Waals surface area contributed by atoms with Crippen molar-refractivity contribution in [2.45, 2.75) is 56.4 Å². The van der Waals surface area contributed by atoms with Gasteiger partial charge >= 0.3 is 0 Å². The molecule has 33 heavy (non-hydrogen) atoms. The molecule has 0 saturated carbocycles. The van der Waals surface area contributed by atoms with E-state index in [4.69, 9.17) is 0 Å². The fourth-order valence-corrected chi connectivity index (χ4v) is 7.77. The van der Waals surface area contributed by atoms with Gasteiger partial charge in [0.2, 0.25) is 0 Å². The number of fused-ring (bicyclic) bond motifs is 1. The predicted octanol–water partition coefficient (Wildman–Crippen LogP) is 4.10.